The molecule has 2 aromatic rings. The van der Waals surface area contributed by atoms with E-state index >= 15 is 0 Å². The van der Waals surface area contributed by atoms with Crippen molar-refractivity contribution in [1.29, 1.82) is 0 Å². The highest BCUT2D eigenvalue weighted by Crippen LogP contribution is 2.10. The predicted octanol–water partition coefficient (Wildman–Crippen LogP) is 1.47. The highest BCUT2D eigenvalue weighted by molar-refractivity contribution is 7.84. The lowest BCUT2D eigenvalue weighted by molar-refractivity contribution is -0.138. The van der Waals surface area contributed by atoms with Gasteiger partial charge in [0.1, 0.15) is 5.84 Å². The normalized spacial score (nSPS) is 16.9. The first kappa shape index (κ1) is 28.4. The van der Waals surface area contributed by atoms with Gasteiger partial charge in [-0.25, -0.2) is 0 Å². The van der Waals surface area contributed by atoms with Crippen molar-refractivity contribution in [3.05, 3.63) is 71.8 Å². The van der Waals surface area contributed by atoms with Crippen LogP contribution >= 0.6 is 0 Å². The SMILES string of the molecule is CCC(NC(=O)C(CS(=O)Cc1ccccc1)NC1CCOCC1)C(=O)C(=O)N=C(N)c1ccccc1. The molecule has 0 saturated carbocycles. The Bertz CT molecular complexity index is 1100. The summed E-state index contributed by atoms with van der Waals surface area (Å²) >= 11 is 0. The highest BCUT2D eigenvalue weighted by atomic mass is 32.2. The molecule has 1 fully saturated rings. The third kappa shape index (κ3) is 8.99. The Hall–Kier alpha value is -3.21. The summed E-state index contributed by atoms with van der Waals surface area (Å²) in [7, 11) is -1.34. The number of ether oxygens (including phenoxy) is 1. The molecule has 1 saturated heterocycles. The standard InChI is InChI=1S/C27H34N4O5S/c1-2-22(24(32)27(34)31-25(28)20-11-7-4-8-12-20)30-26(33)23(29-21-13-15-36-16-14-21)18-37(35)17-19-9-5-3-6-10-19/h3-12,21-23,29H,2,13-18H2,1H3,(H,30,33)(H2,28,31,34). The average Bonchev–Trinajstić information content (AvgIpc) is 2.92. The zero-order valence-electron chi connectivity index (χ0n) is 20.9. The zero-order chi connectivity index (χ0) is 26.6. The maximum Gasteiger partial charge on any atom is 0.317 e. The van der Waals surface area contributed by atoms with Gasteiger partial charge in [-0.3, -0.25) is 18.6 Å². The fourth-order valence-corrected chi connectivity index (χ4v) is 5.27. The average molecular weight is 527 g/mol. The van der Waals surface area contributed by atoms with E-state index in [4.69, 9.17) is 10.5 Å². The molecule has 198 valence electrons. The molecule has 9 nitrogen and oxygen atoms in total. The van der Waals surface area contributed by atoms with E-state index in [0.717, 1.165) is 18.4 Å². The minimum absolute atomic E-state index is 0.0194. The van der Waals surface area contributed by atoms with Gasteiger partial charge in [0.05, 0.1) is 12.1 Å². The molecule has 2 amide bonds. The van der Waals surface area contributed by atoms with E-state index in [1.807, 2.05) is 30.3 Å². The molecule has 1 aliphatic rings. The fourth-order valence-electron chi connectivity index (χ4n) is 3.97. The third-order valence-corrected chi connectivity index (χ3v) is 7.40. The number of rotatable bonds is 12. The number of carbonyl (C=O) groups excluding carboxylic acids is 3. The predicted molar refractivity (Wildman–Crippen MR) is 143 cm³/mol. The van der Waals surface area contributed by atoms with Crippen molar-refractivity contribution >= 4 is 34.2 Å². The maximum absolute atomic E-state index is 13.3. The number of nitrogens with zero attached hydrogens (tertiary/aromatic N) is 1. The van der Waals surface area contributed by atoms with Gasteiger partial charge in [0.25, 0.3) is 0 Å². The Morgan fingerprint density at radius 1 is 1.03 bits per heavy atom. The first-order valence-corrected chi connectivity index (χ1v) is 13.9. The lowest BCUT2D eigenvalue weighted by atomic mass is 10.1. The van der Waals surface area contributed by atoms with E-state index in [-0.39, 0.29) is 24.1 Å². The first-order chi connectivity index (χ1) is 17.9. The molecule has 0 aliphatic carbocycles. The zero-order valence-corrected chi connectivity index (χ0v) is 21.7. The molecule has 10 heteroatoms. The Labute approximate surface area is 219 Å². The largest absolute Gasteiger partial charge is 0.383 e. The summed E-state index contributed by atoms with van der Waals surface area (Å²) in [6, 6.07) is 16.2. The van der Waals surface area contributed by atoms with Gasteiger partial charge in [-0.1, -0.05) is 67.6 Å². The number of Topliss-reactive ketones (excluding diaryl/α,β-unsaturated/α-hetero) is 1. The second kappa shape index (κ2) is 14.5. The van der Waals surface area contributed by atoms with Crippen LogP contribution in [0.5, 0.6) is 0 Å². The molecule has 3 unspecified atom stereocenters. The summed E-state index contributed by atoms with van der Waals surface area (Å²) < 4.78 is 18.3. The fraction of sp³-hybridized carbons (Fsp3) is 0.407. The van der Waals surface area contributed by atoms with Crippen molar-refractivity contribution in [3.8, 4) is 0 Å². The Morgan fingerprint density at radius 2 is 1.65 bits per heavy atom. The molecule has 0 spiro atoms. The number of nitrogens with one attached hydrogen (secondary N) is 2. The third-order valence-electron chi connectivity index (χ3n) is 6.04. The topological polar surface area (TPSA) is 140 Å². The molecule has 1 heterocycles. The van der Waals surface area contributed by atoms with Gasteiger partial charge in [-0.05, 0) is 24.8 Å². The van der Waals surface area contributed by atoms with Gasteiger partial charge >= 0.3 is 5.91 Å². The molecular formula is C27H34N4O5S. The van der Waals surface area contributed by atoms with Gasteiger partial charge < -0.3 is 21.1 Å². The van der Waals surface area contributed by atoms with Crippen LogP contribution in [0.25, 0.3) is 0 Å². The van der Waals surface area contributed by atoms with Gasteiger partial charge in [0.15, 0.2) is 0 Å². The van der Waals surface area contributed by atoms with E-state index in [1.54, 1.807) is 37.3 Å². The van der Waals surface area contributed by atoms with Crippen molar-refractivity contribution < 1.29 is 23.3 Å². The van der Waals surface area contributed by atoms with Crippen LogP contribution in [0.1, 0.15) is 37.3 Å². The van der Waals surface area contributed by atoms with Crippen molar-refractivity contribution in [3.63, 3.8) is 0 Å². The van der Waals surface area contributed by atoms with Crippen LogP contribution in [0.3, 0.4) is 0 Å². The number of nitrogens with two attached hydrogens (primary N) is 1. The number of benzene rings is 2. The van der Waals surface area contributed by atoms with Crippen molar-refractivity contribution in [1.82, 2.24) is 10.6 Å². The van der Waals surface area contributed by atoms with Crippen molar-refractivity contribution in [2.24, 2.45) is 10.7 Å². The van der Waals surface area contributed by atoms with Crippen LogP contribution in [0.2, 0.25) is 0 Å². The summed E-state index contributed by atoms with van der Waals surface area (Å²) in [5.41, 5.74) is 7.31. The Morgan fingerprint density at radius 3 is 2.27 bits per heavy atom. The van der Waals surface area contributed by atoms with Crippen LogP contribution in [-0.4, -0.2) is 64.7 Å². The molecule has 2 aromatic carbocycles. The van der Waals surface area contributed by atoms with Crippen LogP contribution in [0.15, 0.2) is 65.7 Å². The Balaban J connectivity index is 1.68. The summed E-state index contributed by atoms with van der Waals surface area (Å²) in [6.07, 6.45) is 1.63. The number of hydrogen-bond acceptors (Lipinski definition) is 6. The number of amides is 2. The van der Waals surface area contributed by atoms with E-state index < -0.39 is 40.5 Å². The molecule has 37 heavy (non-hydrogen) atoms. The summed E-state index contributed by atoms with van der Waals surface area (Å²) in [5, 5.41) is 5.97. The number of amidine groups is 1. The minimum atomic E-state index is -1.34. The molecule has 3 atom stereocenters. The van der Waals surface area contributed by atoms with Crippen LogP contribution < -0.4 is 16.4 Å². The molecule has 0 radical (unpaired) electrons. The van der Waals surface area contributed by atoms with Gasteiger partial charge in [-0.15, -0.1) is 0 Å². The van der Waals surface area contributed by atoms with Gasteiger partial charge in [-0.2, -0.15) is 4.99 Å². The van der Waals surface area contributed by atoms with Crippen LogP contribution in [0.4, 0.5) is 0 Å². The molecular weight excluding hydrogens is 492 g/mol. The molecule has 4 N–H and O–H groups in total. The van der Waals surface area contributed by atoms with Crippen molar-refractivity contribution in [2.75, 3.05) is 19.0 Å². The smallest absolute Gasteiger partial charge is 0.317 e. The molecule has 1 aliphatic heterocycles. The minimum Gasteiger partial charge on any atom is -0.383 e. The molecule has 3 rings (SSSR count). The van der Waals surface area contributed by atoms with E-state index in [2.05, 4.69) is 15.6 Å². The number of ketones is 1. The number of carbonyl (C=O) groups is 3. The lowest BCUT2D eigenvalue weighted by Gasteiger charge is -2.28. The molecule has 0 bridgehead atoms. The molecule has 0 aromatic heterocycles. The first-order valence-electron chi connectivity index (χ1n) is 12.4. The van der Waals surface area contributed by atoms with Crippen molar-refractivity contribution in [2.45, 2.75) is 50.1 Å². The van der Waals surface area contributed by atoms with Crippen LogP contribution in [0, 0.1) is 0 Å². The van der Waals surface area contributed by atoms with Crippen LogP contribution in [-0.2, 0) is 35.7 Å². The number of hydrogen-bond donors (Lipinski definition) is 3. The monoisotopic (exact) mass is 526 g/mol. The second-order valence-electron chi connectivity index (χ2n) is 8.84. The second-order valence-corrected chi connectivity index (χ2v) is 10.3. The summed E-state index contributed by atoms with van der Waals surface area (Å²) in [6.45, 7) is 2.84. The lowest BCUT2D eigenvalue weighted by Crippen LogP contribution is -2.55. The quantitative estimate of drug-likeness (QED) is 0.216. The van der Waals surface area contributed by atoms with E-state index in [9.17, 15) is 18.6 Å². The highest BCUT2D eigenvalue weighted by Gasteiger charge is 2.31. The van der Waals surface area contributed by atoms with E-state index in [0.29, 0.717) is 24.5 Å². The number of aliphatic imine (C=N–C) groups is 1. The summed E-state index contributed by atoms with van der Waals surface area (Å²) in [4.78, 5) is 42.4. The van der Waals surface area contributed by atoms with Gasteiger partial charge in [0.2, 0.25) is 11.7 Å². The van der Waals surface area contributed by atoms with Gasteiger partial charge in [0, 0.05) is 47.1 Å². The Kier molecular flexibility index (Phi) is 11.1. The van der Waals surface area contributed by atoms with E-state index in [1.165, 1.54) is 0 Å². The maximum atomic E-state index is 13.3. The summed E-state index contributed by atoms with van der Waals surface area (Å²) in [5.74, 6) is -2.07.